The molecule has 0 aliphatic heterocycles. The van der Waals surface area contributed by atoms with Gasteiger partial charge >= 0.3 is 5.97 Å². The van der Waals surface area contributed by atoms with Crippen LogP contribution in [0.2, 0.25) is 0 Å². The number of aromatic nitrogens is 1. The second-order valence-electron chi connectivity index (χ2n) is 4.75. The number of carbonyl (C=O) groups is 1. The number of benzene rings is 1. The fourth-order valence-electron chi connectivity index (χ4n) is 1.90. The molecule has 0 amide bonds. The molecule has 0 atom stereocenters. The van der Waals surface area contributed by atoms with Crippen molar-refractivity contribution in [1.82, 2.24) is 4.98 Å². The van der Waals surface area contributed by atoms with Crippen LogP contribution in [0, 0.1) is 0 Å². The first kappa shape index (κ1) is 16.1. The van der Waals surface area contributed by atoms with E-state index in [-0.39, 0.29) is 13.2 Å². The molecule has 0 fully saturated rings. The van der Waals surface area contributed by atoms with Crippen molar-refractivity contribution < 1.29 is 23.4 Å². The molecule has 7 heteroatoms. The third-order valence-electron chi connectivity index (χ3n) is 3.08. The summed E-state index contributed by atoms with van der Waals surface area (Å²) in [6.45, 7) is -0.137. The summed E-state index contributed by atoms with van der Waals surface area (Å²) in [4.78, 5) is 16.9. The summed E-state index contributed by atoms with van der Waals surface area (Å²) in [6, 6.07) is 10.8. The van der Waals surface area contributed by atoms with Gasteiger partial charge in [-0.3, -0.25) is 0 Å². The fraction of sp³-hybridized carbons (Fsp3) is 0.176. The summed E-state index contributed by atoms with van der Waals surface area (Å²) >= 11 is 1.53. The van der Waals surface area contributed by atoms with Crippen LogP contribution >= 0.6 is 11.3 Å². The van der Waals surface area contributed by atoms with Gasteiger partial charge in [-0.05, 0) is 35.7 Å². The van der Waals surface area contributed by atoms with Gasteiger partial charge in [-0.2, -0.15) is 0 Å². The van der Waals surface area contributed by atoms with Gasteiger partial charge in [-0.25, -0.2) is 9.78 Å². The van der Waals surface area contributed by atoms with Crippen LogP contribution in [0.25, 0.3) is 10.8 Å². The normalized spacial score (nSPS) is 10.4. The monoisotopic (exact) mass is 345 g/mol. The lowest BCUT2D eigenvalue weighted by Crippen LogP contribution is -2.14. The summed E-state index contributed by atoms with van der Waals surface area (Å²) in [5.41, 5.74) is 0.552. The average molecular weight is 345 g/mol. The van der Waals surface area contributed by atoms with Crippen LogP contribution in [0.1, 0.15) is 5.69 Å². The second-order valence-corrected chi connectivity index (χ2v) is 5.69. The number of methoxy groups -OCH3 is 1. The van der Waals surface area contributed by atoms with E-state index in [2.05, 4.69) is 4.98 Å². The average Bonchev–Trinajstić information content (AvgIpc) is 3.29. The number of nitrogens with zero attached hydrogens (tertiary/aromatic N) is 1. The molecule has 1 aromatic carbocycles. The lowest BCUT2D eigenvalue weighted by molar-refractivity contribution is -0.147. The molecule has 0 radical (unpaired) electrons. The van der Waals surface area contributed by atoms with Crippen LogP contribution < -0.4 is 9.47 Å². The Morgan fingerprint density at radius 3 is 2.71 bits per heavy atom. The van der Waals surface area contributed by atoms with Gasteiger partial charge in [0.15, 0.2) is 6.61 Å². The molecule has 0 bridgehead atoms. The van der Waals surface area contributed by atoms with Crippen molar-refractivity contribution in [2.24, 2.45) is 0 Å². The number of thiophene rings is 1. The van der Waals surface area contributed by atoms with E-state index in [9.17, 15) is 4.79 Å². The Balaban J connectivity index is 1.45. The third-order valence-corrected chi connectivity index (χ3v) is 3.94. The highest BCUT2D eigenvalue weighted by atomic mass is 32.1. The van der Waals surface area contributed by atoms with Gasteiger partial charge in [0.1, 0.15) is 30.1 Å². The maximum Gasteiger partial charge on any atom is 0.344 e. The van der Waals surface area contributed by atoms with Gasteiger partial charge in [0.2, 0.25) is 5.89 Å². The quantitative estimate of drug-likeness (QED) is 0.610. The van der Waals surface area contributed by atoms with E-state index in [0.717, 1.165) is 10.6 Å². The molecule has 124 valence electrons. The highest BCUT2D eigenvalue weighted by molar-refractivity contribution is 7.13. The zero-order chi connectivity index (χ0) is 16.8. The van der Waals surface area contributed by atoms with E-state index in [0.29, 0.717) is 17.3 Å². The van der Waals surface area contributed by atoms with Gasteiger partial charge in [-0.1, -0.05) is 6.07 Å². The van der Waals surface area contributed by atoms with Crippen molar-refractivity contribution in [3.8, 4) is 22.3 Å². The molecule has 0 spiro atoms. The molecular formula is C17H15NO5S. The second kappa shape index (κ2) is 7.65. The fourth-order valence-corrected chi connectivity index (χ4v) is 2.55. The molecule has 24 heavy (non-hydrogen) atoms. The van der Waals surface area contributed by atoms with Crippen molar-refractivity contribution in [2.75, 3.05) is 13.7 Å². The van der Waals surface area contributed by atoms with E-state index in [1.807, 2.05) is 17.5 Å². The Labute approximate surface area is 142 Å². The number of ether oxygens (including phenoxy) is 3. The molecule has 0 unspecified atom stereocenters. The van der Waals surface area contributed by atoms with Crippen LogP contribution in [0.4, 0.5) is 0 Å². The Morgan fingerprint density at radius 2 is 2.00 bits per heavy atom. The SMILES string of the molecule is COc1ccc(OCC(=O)OCc2coc(-c3cccs3)n2)cc1. The molecule has 3 aromatic rings. The Morgan fingerprint density at radius 1 is 1.21 bits per heavy atom. The molecule has 2 aromatic heterocycles. The Bertz CT molecular complexity index is 780. The molecule has 0 N–H and O–H groups in total. The number of carbonyl (C=O) groups excluding carboxylic acids is 1. The van der Waals surface area contributed by atoms with Crippen molar-refractivity contribution in [1.29, 1.82) is 0 Å². The van der Waals surface area contributed by atoms with E-state index >= 15 is 0 Å². The topological polar surface area (TPSA) is 70.8 Å². The summed E-state index contributed by atoms with van der Waals surface area (Å²) in [5.74, 6) is 1.32. The summed E-state index contributed by atoms with van der Waals surface area (Å²) in [5, 5.41) is 1.94. The van der Waals surface area contributed by atoms with Crippen molar-refractivity contribution >= 4 is 17.3 Å². The molecule has 0 aliphatic rings. The van der Waals surface area contributed by atoms with E-state index in [4.69, 9.17) is 18.6 Å². The molecule has 0 saturated heterocycles. The number of rotatable bonds is 7. The van der Waals surface area contributed by atoms with Crippen molar-refractivity contribution in [3.63, 3.8) is 0 Å². The van der Waals surface area contributed by atoms with Crippen LogP contribution in [-0.2, 0) is 16.1 Å². The number of hydrogen-bond donors (Lipinski definition) is 0. The van der Waals surface area contributed by atoms with Crippen LogP contribution in [0.3, 0.4) is 0 Å². The minimum absolute atomic E-state index is 0.0414. The summed E-state index contributed by atoms with van der Waals surface area (Å²) in [7, 11) is 1.58. The largest absolute Gasteiger partial charge is 0.497 e. The maximum absolute atomic E-state index is 11.7. The molecular weight excluding hydrogens is 330 g/mol. The molecule has 0 saturated carbocycles. The van der Waals surface area contributed by atoms with E-state index in [1.54, 1.807) is 31.4 Å². The predicted molar refractivity (Wildman–Crippen MR) is 88.1 cm³/mol. The molecule has 2 heterocycles. The van der Waals surface area contributed by atoms with Gasteiger partial charge in [0.25, 0.3) is 0 Å². The van der Waals surface area contributed by atoms with Gasteiger partial charge in [0, 0.05) is 0 Å². The van der Waals surface area contributed by atoms with Gasteiger partial charge in [-0.15, -0.1) is 11.3 Å². The standard InChI is InChI=1S/C17H15NO5S/c1-20-13-4-6-14(7-5-13)21-11-16(19)22-9-12-10-23-17(18-12)15-3-2-8-24-15/h2-8,10H,9,11H2,1H3. The summed E-state index contributed by atoms with van der Waals surface area (Å²) < 4.78 is 20.9. The summed E-state index contributed by atoms with van der Waals surface area (Å²) in [6.07, 6.45) is 1.48. The van der Waals surface area contributed by atoms with Crippen molar-refractivity contribution in [3.05, 3.63) is 53.7 Å². The van der Waals surface area contributed by atoms with Crippen LogP contribution in [0.15, 0.2) is 52.5 Å². The maximum atomic E-state index is 11.7. The predicted octanol–water partition coefficient (Wildman–Crippen LogP) is 3.53. The first-order valence-corrected chi connectivity index (χ1v) is 8.03. The van der Waals surface area contributed by atoms with E-state index < -0.39 is 5.97 Å². The van der Waals surface area contributed by atoms with Crippen molar-refractivity contribution in [2.45, 2.75) is 6.61 Å². The van der Waals surface area contributed by atoms with Crippen LogP contribution in [-0.4, -0.2) is 24.7 Å². The van der Waals surface area contributed by atoms with Gasteiger partial charge in [0.05, 0.1) is 12.0 Å². The zero-order valence-corrected chi connectivity index (χ0v) is 13.7. The minimum Gasteiger partial charge on any atom is -0.497 e. The first-order chi connectivity index (χ1) is 11.7. The molecule has 6 nitrogen and oxygen atoms in total. The lowest BCUT2D eigenvalue weighted by Gasteiger charge is -2.06. The lowest BCUT2D eigenvalue weighted by atomic mass is 10.3. The minimum atomic E-state index is -0.480. The zero-order valence-electron chi connectivity index (χ0n) is 12.9. The molecule has 3 rings (SSSR count). The van der Waals surface area contributed by atoms with E-state index in [1.165, 1.54) is 17.6 Å². The number of esters is 1. The highest BCUT2D eigenvalue weighted by Gasteiger charge is 2.10. The Kier molecular flexibility index (Phi) is 5.12. The third kappa shape index (κ3) is 4.14. The van der Waals surface area contributed by atoms with Gasteiger partial charge < -0.3 is 18.6 Å². The Hall–Kier alpha value is -2.80. The number of oxazole rings is 1. The first-order valence-electron chi connectivity index (χ1n) is 7.15. The number of hydrogen-bond acceptors (Lipinski definition) is 7. The smallest absolute Gasteiger partial charge is 0.344 e. The van der Waals surface area contributed by atoms with Crippen LogP contribution in [0.5, 0.6) is 11.5 Å². The molecule has 0 aliphatic carbocycles. The highest BCUT2D eigenvalue weighted by Crippen LogP contribution is 2.23.